The largest absolute Gasteiger partial charge is 0.459 e. The van der Waals surface area contributed by atoms with Gasteiger partial charge in [-0.05, 0) is 30.2 Å². The fourth-order valence-corrected chi connectivity index (χ4v) is 2.42. The van der Waals surface area contributed by atoms with Crippen LogP contribution in [0.2, 0.25) is 5.02 Å². The van der Waals surface area contributed by atoms with Crippen LogP contribution in [0.1, 0.15) is 11.3 Å². The first-order valence-corrected chi connectivity index (χ1v) is 6.51. The lowest BCUT2D eigenvalue weighted by Gasteiger charge is -1.98. The smallest absolute Gasteiger partial charge is 0.153 e. The molecule has 0 amide bonds. The highest BCUT2D eigenvalue weighted by molar-refractivity contribution is 6.34. The van der Waals surface area contributed by atoms with Crippen molar-refractivity contribution in [3.8, 4) is 0 Å². The van der Waals surface area contributed by atoms with Crippen molar-refractivity contribution in [3.63, 3.8) is 0 Å². The molecule has 3 aromatic rings. The SMILES string of the molecule is Fc1cc(Cl)c2oc(CCc3ccccc3)cc2c1. The fourth-order valence-electron chi connectivity index (χ4n) is 2.16. The van der Waals surface area contributed by atoms with E-state index in [0.717, 1.165) is 18.6 Å². The van der Waals surface area contributed by atoms with Gasteiger partial charge in [0.2, 0.25) is 0 Å². The molecule has 0 saturated carbocycles. The summed E-state index contributed by atoms with van der Waals surface area (Å²) in [6, 6.07) is 14.7. The van der Waals surface area contributed by atoms with Crippen LogP contribution in [0.25, 0.3) is 11.0 Å². The average molecular weight is 275 g/mol. The third-order valence-electron chi connectivity index (χ3n) is 3.09. The zero-order chi connectivity index (χ0) is 13.2. The minimum atomic E-state index is -0.340. The maximum Gasteiger partial charge on any atom is 0.153 e. The second-order valence-electron chi connectivity index (χ2n) is 4.50. The fraction of sp³-hybridized carbons (Fsp3) is 0.125. The summed E-state index contributed by atoms with van der Waals surface area (Å²) in [5.74, 6) is 0.485. The summed E-state index contributed by atoms with van der Waals surface area (Å²) < 4.78 is 18.9. The molecule has 0 aliphatic heterocycles. The Morgan fingerprint density at radius 3 is 2.58 bits per heavy atom. The van der Waals surface area contributed by atoms with Crippen LogP contribution in [0.3, 0.4) is 0 Å². The summed E-state index contributed by atoms with van der Waals surface area (Å²) in [6.07, 6.45) is 1.66. The topological polar surface area (TPSA) is 13.1 Å². The Balaban J connectivity index is 1.84. The Morgan fingerprint density at radius 1 is 1.00 bits per heavy atom. The molecule has 0 saturated heterocycles. The van der Waals surface area contributed by atoms with Gasteiger partial charge in [-0.15, -0.1) is 0 Å². The monoisotopic (exact) mass is 274 g/mol. The highest BCUT2D eigenvalue weighted by Crippen LogP contribution is 2.28. The Bertz CT molecular complexity index is 703. The minimum absolute atomic E-state index is 0.320. The number of hydrogen-bond donors (Lipinski definition) is 0. The zero-order valence-corrected chi connectivity index (χ0v) is 11.0. The molecule has 0 fully saturated rings. The maximum atomic E-state index is 13.2. The molecule has 19 heavy (non-hydrogen) atoms. The van der Waals surface area contributed by atoms with E-state index >= 15 is 0 Å². The first-order chi connectivity index (χ1) is 9.22. The quantitative estimate of drug-likeness (QED) is 0.654. The highest BCUT2D eigenvalue weighted by atomic mass is 35.5. The second-order valence-corrected chi connectivity index (χ2v) is 4.91. The predicted octanol–water partition coefficient (Wildman–Crippen LogP) is 5.01. The van der Waals surface area contributed by atoms with Crippen LogP contribution in [-0.4, -0.2) is 0 Å². The molecule has 3 rings (SSSR count). The van der Waals surface area contributed by atoms with Crippen molar-refractivity contribution in [2.45, 2.75) is 12.8 Å². The van der Waals surface area contributed by atoms with Crippen LogP contribution in [-0.2, 0) is 12.8 Å². The summed E-state index contributed by atoms with van der Waals surface area (Å²) in [6.45, 7) is 0. The average Bonchev–Trinajstić information content (AvgIpc) is 2.81. The molecule has 0 N–H and O–H groups in total. The number of furan rings is 1. The van der Waals surface area contributed by atoms with Crippen molar-refractivity contribution >= 4 is 22.6 Å². The van der Waals surface area contributed by atoms with Gasteiger partial charge in [-0.2, -0.15) is 0 Å². The van der Waals surface area contributed by atoms with Gasteiger partial charge in [0.15, 0.2) is 5.58 Å². The minimum Gasteiger partial charge on any atom is -0.459 e. The third-order valence-corrected chi connectivity index (χ3v) is 3.37. The number of aryl methyl sites for hydroxylation is 2. The molecule has 1 nitrogen and oxygen atoms in total. The second kappa shape index (κ2) is 5.06. The molecule has 2 aromatic carbocycles. The van der Waals surface area contributed by atoms with Gasteiger partial charge in [-0.25, -0.2) is 4.39 Å². The van der Waals surface area contributed by atoms with E-state index in [9.17, 15) is 4.39 Å². The standard InChI is InChI=1S/C16H12ClFO/c17-15-10-13(18)8-12-9-14(19-16(12)15)7-6-11-4-2-1-3-5-11/h1-5,8-10H,6-7H2. The van der Waals surface area contributed by atoms with E-state index in [-0.39, 0.29) is 5.82 Å². The lowest BCUT2D eigenvalue weighted by molar-refractivity contribution is 0.546. The Labute approximate surface area is 115 Å². The third kappa shape index (κ3) is 2.64. The Kier molecular flexibility index (Phi) is 3.26. The van der Waals surface area contributed by atoms with Crippen molar-refractivity contribution < 1.29 is 8.81 Å². The van der Waals surface area contributed by atoms with Gasteiger partial charge < -0.3 is 4.42 Å². The number of halogens is 2. The number of hydrogen-bond acceptors (Lipinski definition) is 1. The molecule has 0 aliphatic carbocycles. The molecule has 0 bridgehead atoms. The highest BCUT2D eigenvalue weighted by Gasteiger charge is 2.09. The summed E-state index contributed by atoms with van der Waals surface area (Å²) in [7, 11) is 0. The van der Waals surface area contributed by atoms with E-state index in [0.29, 0.717) is 16.0 Å². The van der Waals surface area contributed by atoms with Gasteiger partial charge >= 0.3 is 0 Å². The molecule has 0 spiro atoms. The first-order valence-electron chi connectivity index (χ1n) is 6.14. The van der Waals surface area contributed by atoms with Crippen molar-refractivity contribution in [1.82, 2.24) is 0 Å². The van der Waals surface area contributed by atoms with Crippen LogP contribution < -0.4 is 0 Å². The number of rotatable bonds is 3. The lowest BCUT2D eigenvalue weighted by Crippen LogP contribution is -1.88. The van der Waals surface area contributed by atoms with Gasteiger partial charge in [-0.3, -0.25) is 0 Å². The summed E-state index contributed by atoms with van der Waals surface area (Å²) in [4.78, 5) is 0. The van der Waals surface area contributed by atoms with Crippen molar-refractivity contribution in [2.75, 3.05) is 0 Å². The molecule has 0 atom stereocenters. The van der Waals surface area contributed by atoms with Crippen molar-refractivity contribution in [3.05, 3.63) is 70.7 Å². The molecular formula is C16H12ClFO. The molecule has 3 heteroatoms. The van der Waals surface area contributed by atoms with Gasteiger partial charge in [0.25, 0.3) is 0 Å². The van der Waals surface area contributed by atoms with Gasteiger partial charge in [0, 0.05) is 11.8 Å². The molecule has 1 aromatic heterocycles. The van der Waals surface area contributed by atoms with Crippen LogP contribution in [0.15, 0.2) is 52.9 Å². The molecule has 0 aliphatic rings. The van der Waals surface area contributed by atoms with Crippen molar-refractivity contribution in [1.29, 1.82) is 0 Å². The summed E-state index contributed by atoms with van der Waals surface area (Å²) >= 11 is 5.96. The van der Waals surface area contributed by atoms with Crippen LogP contribution in [0.4, 0.5) is 4.39 Å². The molecule has 96 valence electrons. The number of benzene rings is 2. The predicted molar refractivity (Wildman–Crippen MR) is 75.0 cm³/mol. The van der Waals surface area contributed by atoms with E-state index in [1.807, 2.05) is 24.3 Å². The van der Waals surface area contributed by atoms with E-state index in [4.69, 9.17) is 16.0 Å². The zero-order valence-electron chi connectivity index (χ0n) is 10.2. The molecule has 0 radical (unpaired) electrons. The van der Waals surface area contributed by atoms with Crippen LogP contribution in [0.5, 0.6) is 0 Å². The van der Waals surface area contributed by atoms with Gasteiger partial charge in [-0.1, -0.05) is 41.9 Å². The molecule has 1 heterocycles. The number of fused-ring (bicyclic) bond motifs is 1. The molecule has 0 unspecified atom stereocenters. The Morgan fingerprint density at radius 2 is 1.79 bits per heavy atom. The van der Waals surface area contributed by atoms with E-state index in [1.54, 1.807) is 0 Å². The normalized spacial score (nSPS) is 11.1. The van der Waals surface area contributed by atoms with Gasteiger partial charge in [0.1, 0.15) is 11.6 Å². The summed E-state index contributed by atoms with van der Waals surface area (Å²) in [5.41, 5.74) is 1.81. The summed E-state index contributed by atoms with van der Waals surface area (Å²) in [5, 5.41) is 1.04. The van der Waals surface area contributed by atoms with Gasteiger partial charge in [0.05, 0.1) is 5.02 Å². The lowest BCUT2D eigenvalue weighted by atomic mass is 10.1. The maximum absolute atomic E-state index is 13.2. The first kappa shape index (κ1) is 12.2. The van der Waals surface area contributed by atoms with Crippen molar-refractivity contribution in [2.24, 2.45) is 0 Å². The van der Waals surface area contributed by atoms with Crippen LogP contribution >= 0.6 is 11.6 Å². The molecular weight excluding hydrogens is 263 g/mol. The van der Waals surface area contributed by atoms with E-state index in [1.165, 1.54) is 17.7 Å². The van der Waals surface area contributed by atoms with Crippen LogP contribution in [0, 0.1) is 5.82 Å². The van der Waals surface area contributed by atoms with E-state index < -0.39 is 0 Å². The Hall–Kier alpha value is -1.80. The van der Waals surface area contributed by atoms with E-state index in [2.05, 4.69) is 12.1 Å².